The second-order valence-electron chi connectivity index (χ2n) is 10.4. The molecule has 9 heteroatoms. The first-order valence-electron chi connectivity index (χ1n) is 13.4. The maximum Gasteiger partial charge on any atom is 0.264 e. The van der Waals surface area contributed by atoms with Gasteiger partial charge in [0, 0.05) is 17.6 Å². The number of rotatable bonds is 12. The first-order valence-corrected chi connectivity index (χ1v) is 15.6. The number of sulfonamides is 1. The van der Waals surface area contributed by atoms with Crippen LogP contribution < -0.4 is 9.62 Å². The highest BCUT2D eigenvalue weighted by atomic mass is 79.9. The SMILES string of the molecule is CCC(C(=O)NCC(C)C)N(Cc1cccc(C)c1)C(=O)CN(c1cccc(Br)c1)S(=O)(=O)c1ccc(C)cc1. The van der Waals surface area contributed by atoms with Crippen molar-refractivity contribution in [2.24, 2.45) is 5.92 Å². The van der Waals surface area contributed by atoms with E-state index in [-0.39, 0.29) is 23.3 Å². The van der Waals surface area contributed by atoms with Crippen LogP contribution in [0.2, 0.25) is 0 Å². The number of hydrogen-bond donors (Lipinski definition) is 1. The molecular formula is C31H38BrN3O4S. The Balaban J connectivity index is 2.05. The summed E-state index contributed by atoms with van der Waals surface area (Å²) in [7, 11) is -4.11. The zero-order valence-electron chi connectivity index (χ0n) is 23.7. The number of carbonyl (C=O) groups excluding carboxylic acids is 2. The molecule has 3 aromatic rings. The Bertz CT molecular complexity index is 1420. The standard InChI is InChI=1S/C31H38BrN3O4S/c1-6-29(31(37)33-19-22(2)3)34(20-25-10-7-9-24(5)17-25)30(36)21-35(27-12-8-11-26(32)18-27)40(38,39)28-15-13-23(4)14-16-28/h7-18,22,29H,6,19-21H2,1-5H3,(H,33,37). The van der Waals surface area contributed by atoms with Gasteiger partial charge in [0.1, 0.15) is 12.6 Å². The highest BCUT2D eigenvalue weighted by Gasteiger charge is 2.33. The van der Waals surface area contributed by atoms with E-state index in [9.17, 15) is 18.0 Å². The van der Waals surface area contributed by atoms with Gasteiger partial charge in [-0.05, 0) is 62.1 Å². The van der Waals surface area contributed by atoms with Crippen molar-refractivity contribution in [3.8, 4) is 0 Å². The molecule has 0 aromatic heterocycles. The number of aryl methyl sites for hydroxylation is 2. The van der Waals surface area contributed by atoms with Crippen molar-refractivity contribution < 1.29 is 18.0 Å². The number of nitrogens with one attached hydrogen (secondary N) is 1. The van der Waals surface area contributed by atoms with Gasteiger partial charge in [-0.15, -0.1) is 0 Å². The number of carbonyl (C=O) groups is 2. The lowest BCUT2D eigenvalue weighted by Crippen LogP contribution is -2.52. The monoisotopic (exact) mass is 627 g/mol. The summed E-state index contributed by atoms with van der Waals surface area (Å²) in [5.74, 6) is -0.481. The average molecular weight is 629 g/mol. The van der Waals surface area contributed by atoms with Gasteiger partial charge < -0.3 is 10.2 Å². The molecule has 0 radical (unpaired) electrons. The van der Waals surface area contributed by atoms with E-state index in [4.69, 9.17) is 0 Å². The Labute approximate surface area is 246 Å². The number of halogens is 1. The minimum absolute atomic E-state index is 0.0813. The second-order valence-corrected chi connectivity index (χ2v) is 13.2. The summed E-state index contributed by atoms with van der Waals surface area (Å²) in [5, 5.41) is 2.95. The summed E-state index contributed by atoms with van der Waals surface area (Å²) in [6.45, 7) is 9.89. The Morgan fingerprint density at radius 3 is 2.20 bits per heavy atom. The summed E-state index contributed by atoms with van der Waals surface area (Å²) < 4.78 is 29.7. The topological polar surface area (TPSA) is 86.8 Å². The molecule has 0 heterocycles. The van der Waals surface area contributed by atoms with Gasteiger partial charge in [-0.1, -0.05) is 90.3 Å². The molecule has 0 aliphatic carbocycles. The predicted octanol–water partition coefficient (Wildman–Crippen LogP) is 5.84. The van der Waals surface area contributed by atoms with E-state index in [1.54, 1.807) is 48.5 Å². The van der Waals surface area contributed by atoms with E-state index in [1.165, 1.54) is 4.90 Å². The average Bonchev–Trinajstić information content (AvgIpc) is 2.90. The molecule has 1 atom stereocenters. The van der Waals surface area contributed by atoms with Crippen molar-refractivity contribution in [3.05, 3.63) is 94.0 Å². The van der Waals surface area contributed by atoms with Gasteiger partial charge in [-0.3, -0.25) is 13.9 Å². The van der Waals surface area contributed by atoms with Gasteiger partial charge in [0.15, 0.2) is 0 Å². The van der Waals surface area contributed by atoms with Gasteiger partial charge in [0.25, 0.3) is 10.0 Å². The largest absolute Gasteiger partial charge is 0.354 e. The van der Waals surface area contributed by atoms with Crippen LogP contribution in [-0.2, 0) is 26.2 Å². The Kier molecular flexibility index (Phi) is 10.9. The van der Waals surface area contributed by atoms with Crippen LogP contribution in [0.4, 0.5) is 5.69 Å². The maximum atomic E-state index is 14.1. The summed E-state index contributed by atoms with van der Waals surface area (Å²) in [4.78, 5) is 29.0. The van der Waals surface area contributed by atoms with Crippen LogP contribution in [0.25, 0.3) is 0 Å². The van der Waals surface area contributed by atoms with Crippen LogP contribution in [0.3, 0.4) is 0 Å². The van der Waals surface area contributed by atoms with E-state index in [2.05, 4.69) is 21.2 Å². The number of hydrogen-bond acceptors (Lipinski definition) is 4. The lowest BCUT2D eigenvalue weighted by molar-refractivity contribution is -0.140. The van der Waals surface area contributed by atoms with Gasteiger partial charge in [0.05, 0.1) is 10.6 Å². The molecule has 7 nitrogen and oxygen atoms in total. The van der Waals surface area contributed by atoms with Crippen molar-refractivity contribution in [3.63, 3.8) is 0 Å². The normalized spacial score (nSPS) is 12.2. The lowest BCUT2D eigenvalue weighted by Gasteiger charge is -2.33. The molecule has 0 saturated heterocycles. The smallest absolute Gasteiger partial charge is 0.264 e. The third-order valence-electron chi connectivity index (χ3n) is 6.49. The van der Waals surface area contributed by atoms with Crippen LogP contribution in [0.5, 0.6) is 0 Å². The minimum atomic E-state index is -4.11. The molecule has 2 amide bonds. The molecule has 1 N–H and O–H groups in total. The molecule has 214 valence electrons. The van der Waals surface area contributed by atoms with E-state index >= 15 is 0 Å². The first-order chi connectivity index (χ1) is 18.9. The lowest BCUT2D eigenvalue weighted by atomic mass is 10.1. The van der Waals surface area contributed by atoms with Crippen molar-refractivity contribution in [2.45, 2.75) is 58.5 Å². The Hall–Kier alpha value is -3.17. The van der Waals surface area contributed by atoms with Gasteiger partial charge in [-0.2, -0.15) is 0 Å². The third-order valence-corrected chi connectivity index (χ3v) is 8.77. The van der Waals surface area contributed by atoms with Gasteiger partial charge in [-0.25, -0.2) is 8.42 Å². The molecule has 0 aliphatic rings. The molecule has 0 spiro atoms. The molecule has 3 aromatic carbocycles. The number of anilines is 1. The molecule has 1 unspecified atom stereocenters. The Morgan fingerprint density at radius 1 is 0.925 bits per heavy atom. The predicted molar refractivity (Wildman–Crippen MR) is 164 cm³/mol. The molecule has 0 aliphatic heterocycles. The van der Waals surface area contributed by atoms with Crippen molar-refractivity contribution in [1.29, 1.82) is 0 Å². The van der Waals surface area contributed by atoms with Crippen LogP contribution >= 0.6 is 15.9 Å². The highest BCUT2D eigenvalue weighted by Crippen LogP contribution is 2.27. The maximum absolute atomic E-state index is 14.1. The minimum Gasteiger partial charge on any atom is -0.354 e. The van der Waals surface area contributed by atoms with E-state index in [0.29, 0.717) is 23.1 Å². The number of amides is 2. The van der Waals surface area contributed by atoms with Gasteiger partial charge in [0.2, 0.25) is 11.8 Å². The van der Waals surface area contributed by atoms with Gasteiger partial charge >= 0.3 is 0 Å². The fourth-order valence-corrected chi connectivity index (χ4v) is 6.14. The van der Waals surface area contributed by atoms with Crippen LogP contribution in [0.1, 0.15) is 43.9 Å². The summed E-state index contributed by atoms with van der Waals surface area (Å²) >= 11 is 3.42. The first kappa shape index (κ1) is 31.4. The molecule has 0 bridgehead atoms. The highest BCUT2D eigenvalue weighted by molar-refractivity contribution is 9.10. The molecule has 40 heavy (non-hydrogen) atoms. The van der Waals surface area contributed by atoms with E-state index in [1.807, 2.05) is 58.9 Å². The zero-order chi connectivity index (χ0) is 29.4. The Morgan fingerprint density at radius 2 is 1.60 bits per heavy atom. The molecule has 3 rings (SSSR count). The van der Waals surface area contributed by atoms with Crippen molar-refractivity contribution >= 4 is 43.5 Å². The molecule has 0 saturated carbocycles. The quantitative estimate of drug-likeness (QED) is 0.273. The van der Waals surface area contributed by atoms with Crippen LogP contribution in [0.15, 0.2) is 82.2 Å². The molecular weight excluding hydrogens is 590 g/mol. The number of nitrogens with zero attached hydrogens (tertiary/aromatic N) is 2. The second kappa shape index (κ2) is 13.9. The van der Waals surface area contributed by atoms with E-state index < -0.39 is 28.5 Å². The van der Waals surface area contributed by atoms with Crippen LogP contribution in [-0.4, -0.2) is 44.3 Å². The fraction of sp³-hybridized carbons (Fsp3) is 0.355. The zero-order valence-corrected chi connectivity index (χ0v) is 26.1. The summed E-state index contributed by atoms with van der Waals surface area (Å²) in [6.07, 6.45) is 0.378. The van der Waals surface area contributed by atoms with Crippen molar-refractivity contribution in [2.75, 3.05) is 17.4 Å². The third kappa shape index (κ3) is 8.17. The van der Waals surface area contributed by atoms with Crippen LogP contribution in [0, 0.1) is 19.8 Å². The summed E-state index contributed by atoms with van der Waals surface area (Å²) in [6, 6.07) is 20.3. The molecule has 0 fully saturated rings. The van der Waals surface area contributed by atoms with Crippen molar-refractivity contribution in [1.82, 2.24) is 10.2 Å². The summed E-state index contributed by atoms with van der Waals surface area (Å²) in [5.41, 5.74) is 3.15. The number of benzene rings is 3. The van der Waals surface area contributed by atoms with E-state index in [0.717, 1.165) is 21.0 Å². The fourth-order valence-electron chi connectivity index (χ4n) is 4.35.